The van der Waals surface area contributed by atoms with Gasteiger partial charge in [0.15, 0.2) is 0 Å². The monoisotopic (exact) mass is 265 g/mol. The van der Waals surface area contributed by atoms with E-state index in [9.17, 15) is 5.11 Å². The van der Waals surface area contributed by atoms with Gasteiger partial charge in [0.05, 0.1) is 17.6 Å². The number of H-pyrrole nitrogens is 1. The number of nitrogens with one attached hydrogen (secondary N) is 1. The van der Waals surface area contributed by atoms with E-state index < -0.39 is 0 Å². The number of phenols is 1. The number of rotatable bonds is 3. The molecule has 3 rings (SSSR count). The largest absolute Gasteiger partial charge is 0.506 e. The highest BCUT2D eigenvalue weighted by Gasteiger charge is 2.06. The molecule has 0 amide bonds. The van der Waals surface area contributed by atoms with Gasteiger partial charge in [0, 0.05) is 12.0 Å². The summed E-state index contributed by atoms with van der Waals surface area (Å²) in [6, 6.07) is 15.3. The molecule has 0 unspecified atom stereocenters. The second-order valence-corrected chi connectivity index (χ2v) is 4.68. The number of imidazole rings is 1. The molecule has 0 aliphatic rings. The van der Waals surface area contributed by atoms with E-state index in [1.165, 1.54) is 5.56 Å². The SMILES string of the molecule is Nc1cc(-c2cnc(Cc3ccccc3)[nH]2)ccc1O. The molecule has 3 aromatic rings. The summed E-state index contributed by atoms with van der Waals surface area (Å²) in [4.78, 5) is 7.66. The second-order valence-electron chi connectivity index (χ2n) is 4.68. The van der Waals surface area contributed by atoms with Crippen LogP contribution in [0.4, 0.5) is 5.69 Å². The first-order valence-electron chi connectivity index (χ1n) is 6.39. The molecule has 0 saturated heterocycles. The van der Waals surface area contributed by atoms with Crippen LogP contribution < -0.4 is 5.73 Å². The number of nitrogens with zero attached hydrogens (tertiary/aromatic N) is 1. The summed E-state index contributed by atoms with van der Waals surface area (Å²) in [5, 5.41) is 9.44. The standard InChI is InChI=1S/C16H15N3O/c17-13-9-12(6-7-15(13)20)14-10-18-16(19-14)8-11-4-2-1-3-5-11/h1-7,9-10,20H,8,17H2,(H,18,19). The molecule has 4 nitrogen and oxygen atoms in total. The second kappa shape index (κ2) is 5.09. The average molecular weight is 265 g/mol. The van der Waals surface area contributed by atoms with Crippen LogP contribution in [-0.2, 0) is 6.42 Å². The maximum atomic E-state index is 9.44. The number of anilines is 1. The Bertz CT molecular complexity index is 720. The van der Waals surface area contributed by atoms with E-state index >= 15 is 0 Å². The number of benzene rings is 2. The van der Waals surface area contributed by atoms with Gasteiger partial charge in [-0.3, -0.25) is 0 Å². The van der Waals surface area contributed by atoms with Gasteiger partial charge in [-0.1, -0.05) is 30.3 Å². The van der Waals surface area contributed by atoms with Gasteiger partial charge in [0.1, 0.15) is 11.6 Å². The molecule has 0 aliphatic heterocycles. The molecular weight excluding hydrogens is 250 g/mol. The molecule has 0 bridgehead atoms. The van der Waals surface area contributed by atoms with Crippen molar-refractivity contribution in [3.63, 3.8) is 0 Å². The third-order valence-electron chi connectivity index (χ3n) is 3.18. The van der Waals surface area contributed by atoms with Gasteiger partial charge in [-0.15, -0.1) is 0 Å². The quantitative estimate of drug-likeness (QED) is 0.503. The van der Waals surface area contributed by atoms with Gasteiger partial charge < -0.3 is 15.8 Å². The van der Waals surface area contributed by atoms with Crippen LogP contribution in [0.25, 0.3) is 11.3 Å². The van der Waals surface area contributed by atoms with Crippen LogP contribution in [0.1, 0.15) is 11.4 Å². The average Bonchev–Trinajstić information content (AvgIpc) is 2.91. The predicted octanol–water partition coefficient (Wildman–Crippen LogP) is 2.96. The first-order valence-corrected chi connectivity index (χ1v) is 6.39. The Labute approximate surface area is 116 Å². The van der Waals surface area contributed by atoms with Crippen LogP contribution in [-0.4, -0.2) is 15.1 Å². The number of hydrogen-bond acceptors (Lipinski definition) is 3. The van der Waals surface area contributed by atoms with E-state index in [1.54, 1.807) is 18.3 Å². The van der Waals surface area contributed by atoms with E-state index in [2.05, 4.69) is 22.1 Å². The van der Waals surface area contributed by atoms with Crippen molar-refractivity contribution in [2.75, 3.05) is 5.73 Å². The molecule has 100 valence electrons. The molecule has 0 spiro atoms. The Morgan fingerprint density at radius 3 is 2.65 bits per heavy atom. The van der Waals surface area contributed by atoms with Gasteiger partial charge in [-0.25, -0.2) is 4.98 Å². The van der Waals surface area contributed by atoms with Crippen molar-refractivity contribution in [1.29, 1.82) is 0 Å². The molecule has 0 fully saturated rings. The minimum absolute atomic E-state index is 0.0952. The number of aromatic amines is 1. The van der Waals surface area contributed by atoms with E-state index in [4.69, 9.17) is 5.73 Å². The summed E-state index contributed by atoms with van der Waals surface area (Å²) in [6.07, 6.45) is 2.54. The minimum atomic E-state index is 0.0952. The lowest BCUT2D eigenvalue weighted by Crippen LogP contribution is -1.90. The van der Waals surface area contributed by atoms with Crippen molar-refractivity contribution in [1.82, 2.24) is 9.97 Å². The highest BCUT2D eigenvalue weighted by molar-refractivity contribution is 5.67. The summed E-state index contributed by atoms with van der Waals surface area (Å²) in [7, 11) is 0. The topological polar surface area (TPSA) is 74.9 Å². The van der Waals surface area contributed by atoms with Crippen LogP contribution in [0.15, 0.2) is 54.7 Å². The molecule has 0 atom stereocenters. The fraction of sp³-hybridized carbons (Fsp3) is 0.0625. The van der Waals surface area contributed by atoms with Gasteiger partial charge >= 0.3 is 0 Å². The fourth-order valence-electron chi connectivity index (χ4n) is 2.11. The highest BCUT2D eigenvalue weighted by Crippen LogP contribution is 2.26. The number of aromatic hydroxyl groups is 1. The van der Waals surface area contributed by atoms with Gasteiger partial charge in [-0.2, -0.15) is 0 Å². The molecule has 0 aliphatic carbocycles. The third kappa shape index (κ3) is 2.49. The first kappa shape index (κ1) is 12.3. The summed E-state index contributed by atoms with van der Waals surface area (Å²) >= 11 is 0. The first-order chi connectivity index (χ1) is 9.72. The molecule has 4 heteroatoms. The van der Waals surface area contributed by atoms with Crippen molar-refractivity contribution >= 4 is 5.69 Å². The molecule has 0 saturated carbocycles. The molecular formula is C16H15N3O. The number of hydrogen-bond donors (Lipinski definition) is 3. The molecule has 2 aromatic carbocycles. The Kier molecular flexibility index (Phi) is 3.13. The number of aromatic nitrogens is 2. The van der Waals surface area contributed by atoms with Crippen LogP contribution in [0.2, 0.25) is 0 Å². The Balaban J connectivity index is 1.84. The van der Waals surface area contributed by atoms with E-state index in [1.807, 2.05) is 24.3 Å². The summed E-state index contributed by atoms with van der Waals surface area (Å²) < 4.78 is 0. The normalized spacial score (nSPS) is 10.6. The zero-order valence-corrected chi connectivity index (χ0v) is 10.9. The number of nitrogen functional groups attached to an aromatic ring is 1. The fourth-order valence-corrected chi connectivity index (χ4v) is 2.11. The molecule has 1 heterocycles. The zero-order chi connectivity index (χ0) is 13.9. The molecule has 0 radical (unpaired) electrons. The van der Waals surface area contributed by atoms with Crippen LogP contribution in [0.3, 0.4) is 0 Å². The van der Waals surface area contributed by atoms with Gasteiger partial charge in [-0.05, 0) is 23.8 Å². The van der Waals surface area contributed by atoms with E-state index in [0.29, 0.717) is 5.69 Å². The predicted molar refractivity (Wildman–Crippen MR) is 79.3 cm³/mol. The van der Waals surface area contributed by atoms with E-state index in [-0.39, 0.29) is 5.75 Å². The molecule has 20 heavy (non-hydrogen) atoms. The Morgan fingerprint density at radius 2 is 1.90 bits per heavy atom. The molecule has 1 aromatic heterocycles. The highest BCUT2D eigenvalue weighted by atomic mass is 16.3. The number of phenolic OH excluding ortho intramolecular Hbond substituents is 1. The lowest BCUT2D eigenvalue weighted by atomic mass is 10.1. The van der Waals surface area contributed by atoms with Gasteiger partial charge in [0.25, 0.3) is 0 Å². The smallest absolute Gasteiger partial charge is 0.138 e. The van der Waals surface area contributed by atoms with Crippen LogP contribution >= 0.6 is 0 Å². The maximum absolute atomic E-state index is 9.44. The van der Waals surface area contributed by atoms with Crippen molar-refractivity contribution in [2.45, 2.75) is 6.42 Å². The van der Waals surface area contributed by atoms with Crippen molar-refractivity contribution < 1.29 is 5.11 Å². The summed E-state index contributed by atoms with van der Waals surface area (Å²) in [5.74, 6) is 0.996. The zero-order valence-electron chi connectivity index (χ0n) is 10.9. The third-order valence-corrected chi connectivity index (χ3v) is 3.18. The van der Waals surface area contributed by atoms with Gasteiger partial charge in [0.2, 0.25) is 0 Å². The minimum Gasteiger partial charge on any atom is -0.506 e. The van der Waals surface area contributed by atoms with Crippen molar-refractivity contribution in [3.8, 4) is 17.0 Å². The van der Waals surface area contributed by atoms with Crippen molar-refractivity contribution in [3.05, 3.63) is 66.1 Å². The lowest BCUT2D eigenvalue weighted by Gasteiger charge is -2.02. The van der Waals surface area contributed by atoms with E-state index in [0.717, 1.165) is 23.5 Å². The van der Waals surface area contributed by atoms with Crippen LogP contribution in [0, 0.1) is 0 Å². The Hall–Kier alpha value is -2.75. The maximum Gasteiger partial charge on any atom is 0.138 e. The summed E-state index contributed by atoms with van der Waals surface area (Å²) in [5.41, 5.74) is 9.07. The van der Waals surface area contributed by atoms with Crippen LogP contribution in [0.5, 0.6) is 5.75 Å². The number of nitrogens with two attached hydrogens (primary N) is 1. The lowest BCUT2D eigenvalue weighted by molar-refractivity contribution is 0.478. The molecule has 4 N–H and O–H groups in total. The van der Waals surface area contributed by atoms with Crippen molar-refractivity contribution in [2.24, 2.45) is 0 Å². The summed E-state index contributed by atoms with van der Waals surface area (Å²) in [6.45, 7) is 0. The Morgan fingerprint density at radius 1 is 1.10 bits per heavy atom.